The minimum absolute atomic E-state index is 0.171. The number of nitrogens with one attached hydrogen (secondary N) is 1. The summed E-state index contributed by atoms with van der Waals surface area (Å²) in [7, 11) is 0. The highest BCUT2D eigenvalue weighted by Crippen LogP contribution is 2.14. The maximum absolute atomic E-state index is 11.9. The zero-order valence-electron chi connectivity index (χ0n) is 11.2. The van der Waals surface area contributed by atoms with Crippen molar-refractivity contribution in [1.29, 1.82) is 0 Å². The zero-order valence-corrected chi connectivity index (χ0v) is 11.2. The Balaban J connectivity index is 1.64. The second-order valence-corrected chi connectivity index (χ2v) is 4.43. The molecule has 1 amide bonds. The van der Waals surface area contributed by atoms with E-state index in [1.54, 1.807) is 12.1 Å². The van der Waals surface area contributed by atoms with E-state index in [4.69, 9.17) is 4.52 Å². The molecule has 0 atom stereocenters. The van der Waals surface area contributed by atoms with Crippen LogP contribution >= 0.6 is 0 Å². The summed E-state index contributed by atoms with van der Waals surface area (Å²) in [5.41, 5.74) is 1.47. The third-order valence-electron chi connectivity index (χ3n) is 2.94. The van der Waals surface area contributed by atoms with Crippen molar-refractivity contribution in [2.24, 2.45) is 0 Å². The van der Waals surface area contributed by atoms with Gasteiger partial charge in [-0.05, 0) is 12.1 Å². The average Bonchev–Trinajstić information content (AvgIpc) is 3.03. The van der Waals surface area contributed by atoms with Gasteiger partial charge in [0.1, 0.15) is 0 Å². The van der Waals surface area contributed by atoms with Crippen molar-refractivity contribution < 1.29 is 9.32 Å². The fourth-order valence-corrected chi connectivity index (χ4v) is 1.88. The van der Waals surface area contributed by atoms with Crippen molar-refractivity contribution in [3.05, 3.63) is 72.1 Å². The molecular weight excluding hydrogens is 266 g/mol. The zero-order chi connectivity index (χ0) is 14.5. The van der Waals surface area contributed by atoms with Gasteiger partial charge < -0.3 is 9.84 Å². The first kappa shape index (κ1) is 13.1. The lowest BCUT2D eigenvalue weighted by Gasteiger charge is -2.01. The van der Waals surface area contributed by atoms with Gasteiger partial charge in [-0.25, -0.2) is 0 Å². The van der Waals surface area contributed by atoms with Crippen molar-refractivity contribution in [1.82, 2.24) is 15.5 Å². The number of aromatic nitrogens is 2. The van der Waals surface area contributed by atoms with Crippen LogP contribution in [0.3, 0.4) is 0 Å². The molecule has 0 aliphatic rings. The summed E-state index contributed by atoms with van der Waals surface area (Å²) in [5, 5.41) is 6.64. The first-order chi connectivity index (χ1) is 10.3. The number of carbonyl (C=O) groups is 1. The van der Waals surface area contributed by atoms with Gasteiger partial charge in [0.2, 0.25) is 11.7 Å². The molecule has 2 aromatic carbocycles. The minimum Gasteiger partial charge on any atom is -0.343 e. The van der Waals surface area contributed by atoms with Crippen LogP contribution in [0.25, 0.3) is 11.4 Å². The molecule has 3 rings (SSSR count). The maximum Gasteiger partial charge on any atom is 0.251 e. The van der Waals surface area contributed by atoms with Crippen LogP contribution in [0, 0.1) is 0 Å². The molecule has 0 aliphatic heterocycles. The van der Waals surface area contributed by atoms with Gasteiger partial charge in [-0.15, -0.1) is 0 Å². The minimum atomic E-state index is -0.171. The van der Waals surface area contributed by atoms with E-state index in [0.29, 0.717) is 17.3 Å². The molecule has 5 heteroatoms. The predicted molar refractivity (Wildman–Crippen MR) is 77.3 cm³/mol. The number of amides is 1. The van der Waals surface area contributed by atoms with Crippen molar-refractivity contribution >= 4 is 5.91 Å². The maximum atomic E-state index is 11.9. The second-order valence-electron chi connectivity index (χ2n) is 4.43. The lowest BCUT2D eigenvalue weighted by Crippen LogP contribution is -2.22. The van der Waals surface area contributed by atoms with E-state index in [1.165, 1.54) is 0 Å². The van der Waals surface area contributed by atoms with E-state index in [-0.39, 0.29) is 12.5 Å². The summed E-state index contributed by atoms with van der Waals surface area (Å²) in [4.78, 5) is 16.1. The highest BCUT2D eigenvalue weighted by molar-refractivity contribution is 5.93. The molecule has 0 saturated carbocycles. The molecular formula is C16H13N3O2. The average molecular weight is 279 g/mol. The Kier molecular flexibility index (Phi) is 3.73. The Bertz CT molecular complexity index is 724. The van der Waals surface area contributed by atoms with Gasteiger partial charge in [-0.1, -0.05) is 53.7 Å². The Morgan fingerprint density at radius 2 is 1.67 bits per heavy atom. The summed E-state index contributed by atoms with van der Waals surface area (Å²) in [6.07, 6.45) is 0. The predicted octanol–water partition coefficient (Wildman–Crippen LogP) is 2.67. The topological polar surface area (TPSA) is 68.0 Å². The Morgan fingerprint density at radius 1 is 1.00 bits per heavy atom. The largest absolute Gasteiger partial charge is 0.343 e. The van der Waals surface area contributed by atoms with E-state index in [9.17, 15) is 4.79 Å². The van der Waals surface area contributed by atoms with E-state index < -0.39 is 0 Å². The third-order valence-corrected chi connectivity index (χ3v) is 2.94. The van der Waals surface area contributed by atoms with Crippen LogP contribution in [0.4, 0.5) is 0 Å². The van der Waals surface area contributed by atoms with Gasteiger partial charge in [0.15, 0.2) is 0 Å². The van der Waals surface area contributed by atoms with Crippen LogP contribution in [0.1, 0.15) is 16.2 Å². The number of carbonyl (C=O) groups excluding carboxylic acids is 1. The molecule has 5 nitrogen and oxygen atoms in total. The van der Waals surface area contributed by atoms with Crippen molar-refractivity contribution in [2.45, 2.75) is 6.54 Å². The van der Waals surface area contributed by atoms with Gasteiger partial charge in [-0.3, -0.25) is 4.79 Å². The molecule has 0 radical (unpaired) electrons. The molecule has 0 spiro atoms. The normalized spacial score (nSPS) is 10.3. The summed E-state index contributed by atoms with van der Waals surface area (Å²) in [5.74, 6) is 0.716. The van der Waals surface area contributed by atoms with Gasteiger partial charge >= 0.3 is 0 Å². The highest BCUT2D eigenvalue weighted by Gasteiger charge is 2.10. The molecule has 21 heavy (non-hydrogen) atoms. The smallest absolute Gasteiger partial charge is 0.251 e. The summed E-state index contributed by atoms with van der Waals surface area (Å²) in [6.45, 7) is 0.202. The van der Waals surface area contributed by atoms with E-state index >= 15 is 0 Å². The van der Waals surface area contributed by atoms with Crippen LogP contribution in [-0.4, -0.2) is 16.0 Å². The number of benzene rings is 2. The van der Waals surface area contributed by atoms with E-state index in [0.717, 1.165) is 5.56 Å². The molecule has 1 N–H and O–H groups in total. The lowest BCUT2D eigenvalue weighted by atomic mass is 10.2. The van der Waals surface area contributed by atoms with Crippen molar-refractivity contribution in [3.8, 4) is 11.4 Å². The number of rotatable bonds is 4. The number of hydrogen-bond donors (Lipinski definition) is 1. The Morgan fingerprint density at radius 3 is 2.38 bits per heavy atom. The molecule has 0 fully saturated rings. The second kappa shape index (κ2) is 6.00. The monoisotopic (exact) mass is 279 g/mol. The quantitative estimate of drug-likeness (QED) is 0.797. The van der Waals surface area contributed by atoms with Gasteiger partial charge in [-0.2, -0.15) is 4.98 Å². The Hall–Kier alpha value is -2.95. The van der Waals surface area contributed by atoms with Crippen LogP contribution in [0.2, 0.25) is 0 Å². The van der Waals surface area contributed by atoms with Crippen LogP contribution in [-0.2, 0) is 6.54 Å². The van der Waals surface area contributed by atoms with Gasteiger partial charge in [0.25, 0.3) is 5.91 Å². The number of nitrogens with zero attached hydrogens (tertiary/aromatic N) is 2. The van der Waals surface area contributed by atoms with Crippen LogP contribution in [0.15, 0.2) is 65.2 Å². The van der Waals surface area contributed by atoms with Crippen molar-refractivity contribution in [3.63, 3.8) is 0 Å². The first-order valence-electron chi connectivity index (χ1n) is 6.54. The van der Waals surface area contributed by atoms with Gasteiger partial charge in [0.05, 0.1) is 6.54 Å². The Labute approximate surface area is 121 Å². The molecule has 3 aromatic rings. The third kappa shape index (κ3) is 3.14. The van der Waals surface area contributed by atoms with Crippen LogP contribution < -0.4 is 5.32 Å². The molecule has 0 aliphatic carbocycles. The van der Waals surface area contributed by atoms with Crippen LogP contribution in [0.5, 0.6) is 0 Å². The van der Waals surface area contributed by atoms with E-state index in [1.807, 2.05) is 48.5 Å². The lowest BCUT2D eigenvalue weighted by molar-refractivity contribution is 0.0946. The molecule has 0 saturated heterocycles. The van der Waals surface area contributed by atoms with E-state index in [2.05, 4.69) is 15.5 Å². The highest BCUT2D eigenvalue weighted by atomic mass is 16.5. The van der Waals surface area contributed by atoms with Crippen molar-refractivity contribution in [2.75, 3.05) is 0 Å². The summed E-state index contributed by atoms with van der Waals surface area (Å²) < 4.78 is 5.13. The number of hydrogen-bond acceptors (Lipinski definition) is 4. The molecule has 1 aromatic heterocycles. The van der Waals surface area contributed by atoms with Gasteiger partial charge in [0, 0.05) is 11.1 Å². The first-order valence-corrected chi connectivity index (χ1v) is 6.54. The fraction of sp³-hybridized carbons (Fsp3) is 0.0625. The molecule has 1 heterocycles. The standard InChI is InChI=1S/C16H13N3O2/c20-16(13-9-5-2-6-10-13)17-11-14-18-15(19-21-14)12-7-3-1-4-8-12/h1-10H,11H2,(H,17,20). The summed E-state index contributed by atoms with van der Waals surface area (Å²) >= 11 is 0. The molecule has 104 valence electrons. The molecule has 0 bridgehead atoms. The molecule has 0 unspecified atom stereocenters. The summed E-state index contributed by atoms with van der Waals surface area (Å²) in [6, 6.07) is 18.5. The SMILES string of the molecule is O=C(NCc1nc(-c2ccccc2)no1)c1ccccc1. The fourth-order valence-electron chi connectivity index (χ4n) is 1.88.